The van der Waals surface area contributed by atoms with Crippen molar-refractivity contribution in [3.05, 3.63) is 65.0 Å². The van der Waals surface area contributed by atoms with E-state index in [1.807, 2.05) is 18.2 Å². The lowest BCUT2D eigenvalue weighted by molar-refractivity contribution is 0.330. The summed E-state index contributed by atoms with van der Waals surface area (Å²) in [6, 6.07) is 16.3. The average Bonchev–Trinajstić information content (AvgIpc) is 2.50. The van der Waals surface area contributed by atoms with Crippen LogP contribution in [-0.4, -0.2) is 6.73 Å². The monoisotopic (exact) mass is 282 g/mol. The first-order valence-corrected chi connectivity index (χ1v) is 6.49. The highest BCUT2D eigenvalue weighted by molar-refractivity contribution is 5.80. The minimum Gasteiger partial charge on any atom is -0.479 e. The van der Waals surface area contributed by atoms with Crippen LogP contribution in [0.3, 0.4) is 0 Å². The van der Waals surface area contributed by atoms with E-state index >= 15 is 0 Å². The lowest BCUT2D eigenvalue weighted by Crippen LogP contribution is -2.08. The molecule has 0 amide bonds. The Morgan fingerprint density at radius 3 is 2.62 bits per heavy atom. The van der Waals surface area contributed by atoms with Gasteiger partial charge in [-0.1, -0.05) is 18.2 Å². The second kappa shape index (κ2) is 5.68. The fourth-order valence-corrected chi connectivity index (χ4v) is 2.04. The Kier molecular flexibility index (Phi) is 3.57. The van der Waals surface area contributed by atoms with E-state index in [2.05, 4.69) is 5.32 Å². The zero-order valence-electron chi connectivity index (χ0n) is 11.2. The first-order valence-electron chi connectivity index (χ1n) is 6.49. The predicted octanol–water partition coefficient (Wildman–Crippen LogP) is 2.83. The van der Waals surface area contributed by atoms with E-state index in [1.54, 1.807) is 36.4 Å². The number of nitrogens with one attached hydrogen (secondary N) is 1. The molecule has 5 nitrogen and oxygen atoms in total. The molecule has 0 unspecified atom stereocenters. The van der Waals surface area contributed by atoms with Gasteiger partial charge in [-0.3, -0.25) is 5.73 Å². The van der Waals surface area contributed by atoms with Crippen molar-refractivity contribution in [2.45, 2.75) is 0 Å². The van der Waals surface area contributed by atoms with Crippen molar-refractivity contribution >= 4 is 22.3 Å². The molecule has 2 aromatic carbocycles. The number of hydrogen-bond acceptors (Lipinski definition) is 5. The van der Waals surface area contributed by atoms with Crippen LogP contribution in [0.15, 0.2) is 63.8 Å². The molecule has 1 aromatic heterocycles. The molecule has 21 heavy (non-hydrogen) atoms. The number of fused-ring (bicyclic) bond motifs is 1. The minimum absolute atomic E-state index is 0.126. The summed E-state index contributed by atoms with van der Waals surface area (Å²) < 4.78 is 10.4. The Bertz CT molecular complexity index is 810. The van der Waals surface area contributed by atoms with E-state index < -0.39 is 5.63 Å². The smallest absolute Gasteiger partial charge is 0.360 e. The number of nitrogens with two attached hydrogens (primary N) is 1. The number of ether oxygens (including phenoxy) is 1. The molecule has 106 valence electrons. The Morgan fingerprint density at radius 1 is 1.10 bits per heavy atom. The molecule has 0 saturated carbocycles. The van der Waals surface area contributed by atoms with Gasteiger partial charge in [-0.15, -0.1) is 0 Å². The molecule has 3 rings (SSSR count). The van der Waals surface area contributed by atoms with Crippen LogP contribution < -0.4 is 21.4 Å². The lowest BCUT2D eigenvalue weighted by Gasteiger charge is -2.07. The van der Waals surface area contributed by atoms with Crippen LogP contribution in [0.2, 0.25) is 0 Å². The molecule has 1 heterocycles. The largest absolute Gasteiger partial charge is 0.479 e. The fraction of sp³-hybridized carbons (Fsp3) is 0.0625. The van der Waals surface area contributed by atoms with Crippen LogP contribution in [0, 0.1) is 0 Å². The van der Waals surface area contributed by atoms with E-state index in [1.165, 1.54) is 0 Å². The van der Waals surface area contributed by atoms with Gasteiger partial charge in [0.1, 0.15) is 23.8 Å². The van der Waals surface area contributed by atoms with E-state index in [9.17, 15) is 4.79 Å². The van der Waals surface area contributed by atoms with Gasteiger partial charge in [0, 0.05) is 11.1 Å². The number of anilines is 2. The zero-order chi connectivity index (χ0) is 14.7. The number of rotatable bonds is 4. The fourth-order valence-electron chi connectivity index (χ4n) is 2.04. The maximum Gasteiger partial charge on any atom is 0.360 e. The Morgan fingerprint density at radius 2 is 1.86 bits per heavy atom. The predicted molar refractivity (Wildman–Crippen MR) is 81.9 cm³/mol. The van der Waals surface area contributed by atoms with Crippen molar-refractivity contribution in [3.8, 4) is 5.75 Å². The third-order valence-corrected chi connectivity index (χ3v) is 3.02. The van der Waals surface area contributed by atoms with Crippen LogP contribution in [0.5, 0.6) is 5.75 Å². The van der Waals surface area contributed by atoms with Crippen LogP contribution in [-0.2, 0) is 0 Å². The highest BCUT2D eigenvalue weighted by Gasteiger charge is 2.05. The molecule has 0 bridgehead atoms. The first kappa shape index (κ1) is 13.2. The van der Waals surface area contributed by atoms with Crippen molar-refractivity contribution in [2.75, 3.05) is 12.0 Å². The van der Waals surface area contributed by atoms with Gasteiger partial charge in [0.05, 0.1) is 0 Å². The van der Waals surface area contributed by atoms with Crippen molar-refractivity contribution in [1.29, 1.82) is 0 Å². The first-order chi connectivity index (χ1) is 10.3. The van der Waals surface area contributed by atoms with Crippen LogP contribution in [0.4, 0.5) is 11.4 Å². The summed E-state index contributed by atoms with van der Waals surface area (Å²) in [5, 5.41) is 3.90. The quantitative estimate of drug-likeness (QED) is 0.568. The summed E-state index contributed by atoms with van der Waals surface area (Å²) >= 11 is 0. The van der Waals surface area contributed by atoms with E-state index in [0.717, 1.165) is 11.1 Å². The number of para-hydroxylation sites is 1. The summed E-state index contributed by atoms with van der Waals surface area (Å²) in [5.41, 5.74) is 6.62. The van der Waals surface area contributed by atoms with Gasteiger partial charge in [-0.05, 0) is 36.4 Å². The summed E-state index contributed by atoms with van der Waals surface area (Å²) in [6.45, 7) is 0.126. The number of benzene rings is 2. The van der Waals surface area contributed by atoms with Crippen molar-refractivity contribution < 1.29 is 9.15 Å². The molecule has 0 radical (unpaired) electrons. The van der Waals surface area contributed by atoms with Gasteiger partial charge in [-0.2, -0.15) is 0 Å². The van der Waals surface area contributed by atoms with Crippen molar-refractivity contribution in [2.24, 2.45) is 5.73 Å². The second-order valence-corrected chi connectivity index (χ2v) is 4.45. The van der Waals surface area contributed by atoms with Gasteiger partial charge in [0.2, 0.25) is 0 Å². The maximum atomic E-state index is 11.9. The highest BCUT2D eigenvalue weighted by Crippen LogP contribution is 2.21. The maximum absolute atomic E-state index is 11.9. The molecule has 0 saturated heterocycles. The van der Waals surface area contributed by atoms with Gasteiger partial charge >= 0.3 is 5.63 Å². The lowest BCUT2D eigenvalue weighted by atomic mass is 10.2. The van der Waals surface area contributed by atoms with Crippen LogP contribution >= 0.6 is 0 Å². The summed E-state index contributed by atoms with van der Waals surface area (Å²) in [7, 11) is 0. The third kappa shape index (κ3) is 2.88. The Balaban J connectivity index is 1.90. The molecule has 0 fully saturated rings. The van der Waals surface area contributed by atoms with Gasteiger partial charge in [0.15, 0.2) is 0 Å². The van der Waals surface area contributed by atoms with Gasteiger partial charge in [-0.25, -0.2) is 4.79 Å². The van der Waals surface area contributed by atoms with Crippen molar-refractivity contribution in [1.82, 2.24) is 0 Å². The summed E-state index contributed by atoms with van der Waals surface area (Å²) in [6.07, 6.45) is 0. The number of hydrogen-bond donors (Lipinski definition) is 2. The van der Waals surface area contributed by atoms with E-state index in [0.29, 0.717) is 17.0 Å². The molecule has 0 aliphatic carbocycles. The zero-order valence-corrected chi connectivity index (χ0v) is 11.2. The Labute approximate surface area is 121 Å². The standard InChI is InChI=1S/C16H14N2O3/c17-10-20-13-7-5-12(6-8-13)18-14-9-11-3-1-2-4-15(11)21-16(14)19/h1-9,18H,10,17H2. The van der Waals surface area contributed by atoms with E-state index in [4.69, 9.17) is 14.9 Å². The minimum atomic E-state index is -0.406. The van der Waals surface area contributed by atoms with Crippen molar-refractivity contribution in [3.63, 3.8) is 0 Å². The second-order valence-electron chi connectivity index (χ2n) is 4.45. The van der Waals surface area contributed by atoms with E-state index in [-0.39, 0.29) is 6.73 Å². The highest BCUT2D eigenvalue weighted by atomic mass is 16.5. The topological polar surface area (TPSA) is 77.5 Å². The molecule has 5 heteroatoms. The SMILES string of the molecule is NCOc1ccc(Nc2cc3ccccc3oc2=O)cc1. The van der Waals surface area contributed by atoms with Crippen LogP contribution in [0.25, 0.3) is 11.0 Å². The van der Waals surface area contributed by atoms with Crippen LogP contribution in [0.1, 0.15) is 0 Å². The normalized spacial score (nSPS) is 10.5. The third-order valence-electron chi connectivity index (χ3n) is 3.02. The molecule has 3 N–H and O–H groups in total. The molecule has 0 aliphatic heterocycles. The molecule has 3 aromatic rings. The molecule has 0 spiro atoms. The molecule has 0 atom stereocenters. The summed E-state index contributed by atoms with van der Waals surface area (Å²) in [5.74, 6) is 0.675. The molecular formula is C16H14N2O3. The summed E-state index contributed by atoms with van der Waals surface area (Å²) in [4.78, 5) is 11.9. The van der Waals surface area contributed by atoms with Gasteiger partial charge < -0.3 is 14.5 Å². The molecular weight excluding hydrogens is 268 g/mol. The Hall–Kier alpha value is -2.79. The molecule has 0 aliphatic rings. The average molecular weight is 282 g/mol. The van der Waals surface area contributed by atoms with Gasteiger partial charge in [0.25, 0.3) is 0 Å².